The van der Waals surface area contributed by atoms with Gasteiger partial charge in [-0.25, -0.2) is 4.98 Å². The predicted molar refractivity (Wildman–Crippen MR) is 79.1 cm³/mol. The van der Waals surface area contributed by atoms with Crippen LogP contribution in [0.1, 0.15) is 11.1 Å². The van der Waals surface area contributed by atoms with E-state index in [9.17, 15) is 13.2 Å². The Morgan fingerprint density at radius 2 is 1.90 bits per heavy atom. The molecule has 0 aliphatic heterocycles. The number of aromatic nitrogens is 1. The van der Waals surface area contributed by atoms with Crippen molar-refractivity contribution in [3.8, 4) is 0 Å². The zero-order valence-electron chi connectivity index (χ0n) is 11.0. The summed E-state index contributed by atoms with van der Waals surface area (Å²) >= 11 is 1.33. The quantitative estimate of drug-likeness (QED) is 0.688. The lowest BCUT2D eigenvalue weighted by Gasteiger charge is -2.04. The van der Waals surface area contributed by atoms with Crippen molar-refractivity contribution < 1.29 is 13.2 Å². The number of nitrogens with one attached hydrogen (secondary N) is 1. The van der Waals surface area contributed by atoms with Crippen LogP contribution >= 0.6 is 11.3 Å². The highest BCUT2D eigenvalue weighted by atomic mass is 32.1. The average molecular weight is 308 g/mol. The average Bonchev–Trinajstić information content (AvgIpc) is 2.78. The number of benzene rings is 2. The van der Waals surface area contributed by atoms with Crippen molar-refractivity contribution in [1.82, 2.24) is 4.98 Å². The van der Waals surface area contributed by atoms with Crippen LogP contribution in [0.2, 0.25) is 0 Å². The molecule has 1 N–H and O–H groups in total. The molecule has 108 valence electrons. The molecule has 3 rings (SSSR count). The van der Waals surface area contributed by atoms with Crippen LogP contribution < -0.4 is 5.32 Å². The van der Waals surface area contributed by atoms with Crippen LogP contribution in [0.3, 0.4) is 0 Å². The van der Waals surface area contributed by atoms with E-state index in [4.69, 9.17) is 0 Å². The summed E-state index contributed by atoms with van der Waals surface area (Å²) in [6, 6.07) is 11.3. The van der Waals surface area contributed by atoms with Crippen molar-refractivity contribution in [2.45, 2.75) is 13.1 Å². The molecule has 0 bridgehead atoms. The zero-order chi connectivity index (χ0) is 15.0. The van der Waals surface area contributed by atoms with E-state index < -0.39 is 11.7 Å². The summed E-state index contributed by atoms with van der Waals surface area (Å²) in [5.74, 6) is 0. The zero-order valence-corrected chi connectivity index (χ0v) is 11.8. The number of halogens is 3. The Hall–Kier alpha value is -2.08. The molecule has 0 aliphatic rings. The standard InChI is InChI=1S/C15H11F3N2S/c1-9-3-2-4-11(7-9)19-14-20-12-8-10(15(16,17)18)5-6-13(12)21-14/h2-8H,1H3,(H,19,20). The van der Waals surface area contributed by atoms with E-state index in [2.05, 4.69) is 10.3 Å². The third kappa shape index (κ3) is 3.00. The molecule has 0 radical (unpaired) electrons. The highest BCUT2D eigenvalue weighted by Crippen LogP contribution is 2.34. The third-order valence-electron chi connectivity index (χ3n) is 2.98. The lowest BCUT2D eigenvalue weighted by molar-refractivity contribution is -0.137. The number of aryl methyl sites for hydroxylation is 1. The number of thiazole rings is 1. The third-order valence-corrected chi connectivity index (χ3v) is 3.94. The molecule has 0 amide bonds. The van der Waals surface area contributed by atoms with Crippen molar-refractivity contribution in [3.05, 3.63) is 53.6 Å². The smallest absolute Gasteiger partial charge is 0.332 e. The van der Waals surface area contributed by atoms with E-state index in [1.54, 1.807) is 0 Å². The van der Waals surface area contributed by atoms with Gasteiger partial charge in [-0.2, -0.15) is 13.2 Å². The molecule has 0 saturated carbocycles. The first kappa shape index (κ1) is 13.9. The predicted octanol–water partition coefficient (Wildman–Crippen LogP) is 5.37. The second-order valence-corrected chi connectivity index (χ2v) is 5.72. The van der Waals surface area contributed by atoms with Crippen molar-refractivity contribution >= 4 is 32.4 Å². The van der Waals surface area contributed by atoms with E-state index in [0.29, 0.717) is 10.6 Å². The topological polar surface area (TPSA) is 24.9 Å². The van der Waals surface area contributed by atoms with Crippen molar-refractivity contribution in [1.29, 1.82) is 0 Å². The lowest BCUT2D eigenvalue weighted by atomic mass is 10.2. The first-order chi connectivity index (χ1) is 9.91. The van der Waals surface area contributed by atoms with Crippen molar-refractivity contribution in [3.63, 3.8) is 0 Å². The summed E-state index contributed by atoms with van der Waals surface area (Å²) in [6.45, 7) is 1.97. The second kappa shape index (κ2) is 5.04. The van der Waals surface area contributed by atoms with Gasteiger partial charge in [-0.15, -0.1) is 0 Å². The van der Waals surface area contributed by atoms with Gasteiger partial charge in [0.25, 0.3) is 0 Å². The number of anilines is 2. The Kier molecular flexibility index (Phi) is 3.33. The fraction of sp³-hybridized carbons (Fsp3) is 0.133. The molecule has 21 heavy (non-hydrogen) atoms. The summed E-state index contributed by atoms with van der Waals surface area (Å²) in [7, 11) is 0. The van der Waals surface area contributed by atoms with Crippen molar-refractivity contribution in [2.24, 2.45) is 0 Å². The molecule has 0 unspecified atom stereocenters. The van der Waals surface area contributed by atoms with E-state index >= 15 is 0 Å². The van der Waals surface area contributed by atoms with Gasteiger partial charge in [-0.1, -0.05) is 23.5 Å². The van der Waals surface area contributed by atoms with Gasteiger partial charge < -0.3 is 5.32 Å². The van der Waals surface area contributed by atoms with Crippen LogP contribution in [0.5, 0.6) is 0 Å². The molecule has 3 aromatic rings. The van der Waals surface area contributed by atoms with E-state index in [0.717, 1.165) is 28.1 Å². The maximum absolute atomic E-state index is 12.7. The number of fused-ring (bicyclic) bond motifs is 1. The fourth-order valence-electron chi connectivity index (χ4n) is 2.00. The van der Waals surface area contributed by atoms with Crippen LogP contribution in [-0.2, 0) is 6.18 Å². The van der Waals surface area contributed by atoms with Gasteiger partial charge in [0.2, 0.25) is 0 Å². The molecule has 0 atom stereocenters. The highest BCUT2D eigenvalue weighted by Gasteiger charge is 2.30. The number of hydrogen-bond donors (Lipinski definition) is 1. The van der Waals surface area contributed by atoms with Gasteiger partial charge in [0.05, 0.1) is 15.8 Å². The summed E-state index contributed by atoms with van der Waals surface area (Å²) in [5, 5.41) is 3.70. The highest BCUT2D eigenvalue weighted by molar-refractivity contribution is 7.22. The maximum Gasteiger partial charge on any atom is 0.416 e. The van der Waals surface area contributed by atoms with Gasteiger partial charge in [0.15, 0.2) is 5.13 Å². The van der Waals surface area contributed by atoms with Crippen molar-refractivity contribution in [2.75, 3.05) is 5.32 Å². The molecule has 0 spiro atoms. The maximum atomic E-state index is 12.7. The van der Waals surface area contributed by atoms with Crippen LogP contribution in [-0.4, -0.2) is 4.98 Å². The van der Waals surface area contributed by atoms with Crippen LogP contribution in [0.25, 0.3) is 10.2 Å². The van der Waals surface area contributed by atoms with Crippen LogP contribution in [0, 0.1) is 6.92 Å². The molecule has 0 aliphatic carbocycles. The van der Waals surface area contributed by atoms with Gasteiger partial charge >= 0.3 is 6.18 Å². The Morgan fingerprint density at radius 1 is 1.10 bits per heavy atom. The molecule has 1 aromatic heterocycles. The summed E-state index contributed by atoms with van der Waals surface area (Å²) in [4.78, 5) is 4.22. The Labute approximate surface area is 123 Å². The van der Waals surface area contributed by atoms with E-state index in [1.165, 1.54) is 17.4 Å². The molecular formula is C15H11F3N2S. The molecule has 6 heteroatoms. The molecule has 1 heterocycles. The number of hydrogen-bond acceptors (Lipinski definition) is 3. The van der Waals surface area contributed by atoms with Gasteiger partial charge in [-0.05, 0) is 42.8 Å². The second-order valence-electron chi connectivity index (χ2n) is 4.69. The van der Waals surface area contributed by atoms with E-state index in [-0.39, 0.29) is 0 Å². The molecule has 2 nitrogen and oxygen atoms in total. The Balaban J connectivity index is 1.94. The number of alkyl halides is 3. The van der Waals surface area contributed by atoms with Crippen LogP contribution in [0.15, 0.2) is 42.5 Å². The Bertz CT molecular complexity index is 793. The number of rotatable bonds is 2. The summed E-state index contributed by atoms with van der Waals surface area (Å²) in [5.41, 5.74) is 1.64. The molecule has 0 fully saturated rings. The van der Waals surface area contributed by atoms with E-state index in [1.807, 2.05) is 31.2 Å². The first-order valence-corrected chi connectivity index (χ1v) is 7.05. The van der Waals surface area contributed by atoms with Crippen LogP contribution in [0.4, 0.5) is 24.0 Å². The normalized spacial score (nSPS) is 11.8. The molecule has 0 saturated heterocycles. The summed E-state index contributed by atoms with van der Waals surface area (Å²) < 4.78 is 38.7. The molecular weight excluding hydrogens is 297 g/mol. The van der Waals surface area contributed by atoms with Gasteiger partial charge in [-0.3, -0.25) is 0 Å². The SMILES string of the molecule is Cc1cccc(Nc2nc3cc(C(F)(F)F)ccc3s2)c1. The number of nitrogens with zero attached hydrogens (tertiary/aromatic N) is 1. The minimum atomic E-state index is -4.35. The first-order valence-electron chi connectivity index (χ1n) is 6.23. The molecule has 2 aromatic carbocycles. The Morgan fingerprint density at radius 3 is 2.62 bits per heavy atom. The monoisotopic (exact) mass is 308 g/mol. The van der Waals surface area contributed by atoms with Gasteiger partial charge in [0, 0.05) is 5.69 Å². The largest absolute Gasteiger partial charge is 0.416 e. The summed E-state index contributed by atoms with van der Waals surface area (Å²) in [6.07, 6.45) is -4.35. The lowest BCUT2D eigenvalue weighted by Crippen LogP contribution is -2.03. The minimum absolute atomic E-state index is 0.352. The fourth-order valence-corrected chi connectivity index (χ4v) is 2.87. The minimum Gasteiger partial charge on any atom is -0.332 e. The van der Waals surface area contributed by atoms with Gasteiger partial charge in [0.1, 0.15) is 0 Å².